The summed E-state index contributed by atoms with van der Waals surface area (Å²) in [6.07, 6.45) is 0.411. The summed E-state index contributed by atoms with van der Waals surface area (Å²) in [5, 5.41) is 12.6. The van der Waals surface area contributed by atoms with E-state index in [2.05, 4.69) is 11.4 Å². The Balaban J connectivity index is 1.53. The van der Waals surface area contributed by atoms with E-state index < -0.39 is 11.2 Å². The first-order chi connectivity index (χ1) is 17.0. The maximum Gasteiger partial charge on any atom is 0.331 e. The van der Waals surface area contributed by atoms with Gasteiger partial charge in [0.2, 0.25) is 5.91 Å². The topological polar surface area (TPSA) is 96.9 Å². The van der Waals surface area contributed by atoms with Crippen molar-refractivity contribution >= 4 is 16.8 Å². The van der Waals surface area contributed by atoms with E-state index in [1.54, 1.807) is 60.7 Å². The summed E-state index contributed by atoms with van der Waals surface area (Å²) in [5.41, 5.74) is 1.48. The number of hydrogen-bond donors (Lipinski definition) is 1. The lowest BCUT2D eigenvalue weighted by molar-refractivity contribution is -0.121. The molecule has 7 nitrogen and oxygen atoms in total. The van der Waals surface area contributed by atoms with E-state index in [0.717, 1.165) is 10.1 Å². The molecule has 0 aliphatic rings. The Morgan fingerprint density at radius 1 is 0.943 bits per heavy atom. The minimum absolute atomic E-state index is 0.0758. The molecular formula is C27H23FN4O3. The molecule has 8 heteroatoms. The molecule has 3 aromatic carbocycles. The summed E-state index contributed by atoms with van der Waals surface area (Å²) in [6.45, 7) is 0.480. The van der Waals surface area contributed by atoms with Crippen molar-refractivity contribution in [1.29, 1.82) is 5.26 Å². The summed E-state index contributed by atoms with van der Waals surface area (Å²) < 4.78 is 15.6. The third-order valence-electron chi connectivity index (χ3n) is 5.79. The van der Waals surface area contributed by atoms with Crippen molar-refractivity contribution < 1.29 is 9.18 Å². The fourth-order valence-electron chi connectivity index (χ4n) is 3.95. The standard InChI is InChI=1S/C27H23FN4O3/c28-22-13-11-19(12-14-22)17-30-25(33)10-5-15-31-26(34)23-8-3-4-9-24(23)32(27(31)35)18-21-7-2-1-6-20(21)16-29/h1-4,6-9,11-14H,5,10,15,17-18H2,(H,30,33). The Morgan fingerprint density at radius 2 is 1.66 bits per heavy atom. The summed E-state index contributed by atoms with van der Waals surface area (Å²) in [7, 11) is 0. The van der Waals surface area contributed by atoms with Gasteiger partial charge in [-0.3, -0.25) is 18.7 Å². The number of amides is 1. The molecule has 0 atom stereocenters. The van der Waals surface area contributed by atoms with Crippen LogP contribution in [0.15, 0.2) is 82.4 Å². The van der Waals surface area contributed by atoms with Gasteiger partial charge in [0.05, 0.1) is 29.1 Å². The Bertz CT molecular complexity index is 1530. The van der Waals surface area contributed by atoms with Gasteiger partial charge in [-0.25, -0.2) is 9.18 Å². The van der Waals surface area contributed by atoms with Gasteiger partial charge in [-0.1, -0.05) is 42.5 Å². The van der Waals surface area contributed by atoms with E-state index in [4.69, 9.17) is 0 Å². The molecular weight excluding hydrogens is 447 g/mol. The molecule has 1 amide bonds. The quantitative estimate of drug-likeness (QED) is 0.427. The number of nitriles is 1. The number of para-hydroxylation sites is 1. The number of rotatable bonds is 8. The fraction of sp³-hybridized carbons (Fsp3) is 0.185. The van der Waals surface area contributed by atoms with Crippen LogP contribution in [0.25, 0.3) is 10.9 Å². The predicted molar refractivity (Wildman–Crippen MR) is 130 cm³/mol. The normalized spacial score (nSPS) is 10.7. The lowest BCUT2D eigenvalue weighted by Crippen LogP contribution is -2.40. The molecule has 1 aromatic heterocycles. The molecule has 0 spiro atoms. The molecule has 4 aromatic rings. The lowest BCUT2D eigenvalue weighted by Gasteiger charge is -2.15. The molecule has 35 heavy (non-hydrogen) atoms. The molecule has 0 aliphatic heterocycles. The summed E-state index contributed by atoms with van der Waals surface area (Å²) >= 11 is 0. The third-order valence-corrected chi connectivity index (χ3v) is 5.79. The van der Waals surface area contributed by atoms with Crippen LogP contribution in [0, 0.1) is 17.1 Å². The van der Waals surface area contributed by atoms with Crippen molar-refractivity contribution in [2.45, 2.75) is 32.5 Å². The number of nitrogens with one attached hydrogen (secondary N) is 1. The zero-order chi connectivity index (χ0) is 24.8. The smallest absolute Gasteiger partial charge is 0.331 e. The van der Waals surface area contributed by atoms with Crippen LogP contribution in [-0.4, -0.2) is 15.0 Å². The van der Waals surface area contributed by atoms with Gasteiger partial charge in [0, 0.05) is 19.5 Å². The largest absolute Gasteiger partial charge is 0.352 e. The van der Waals surface area contributed by atoms with Crippen molar-refractivity contribution in [2.24, 2.45) is 0 Å². The first kappa shape index (κ1) is 23.6. The van der Waals surface area contributed by atoms with Crippen LogP contribution in [-0.2, 0) is 24.4 Å². The highest BCUT2D eigenvalue weighted by Gasteiger charge is 2.15. The second-order valence-corrected chi connectivity index (χ2v) is 8.12. The van der Waals surface area contributed by atoms with Crippen LogP contribution in [0.4, 0.5) is 4.39 Å². The number of halogens is 1. The number of aromatic nitrogens is 2. The fourth-order valence-corrected chi connectivity index (χ4v) is 3.95. The van der Waals surface area contributed by atoms with Crippen molar-refractivity contribution in [3.05, 3.63) is 116 Å². The molecule has 0 fully saturated rings. The number of carbonyl (C=O) groups is 1. The third kappa shape index (κ3) is 5.36. The maximum atomic E-state index is 13.3. The van der Waals surface area contributed by atoms with Crippen LogP contribution in [0.1, 0.15) is 29.5 Å². The van der Waals surface area contributed by atoms with Crippen molar-refractivity contribution in [3.8, 4) is 6.07 Å². The number of fused-ring (bicyclic) bond motifs is 1. The number of hydrogen-bond acceptors (Lipinski definition) is 4. The van der Waals surface area contributed by atoms with Crippen LogP contribution < -0.4 is 16.6 Å². The Kier molecular flexibility index (Phi) is 7.17. The average Bonchev–Trinajstić information content (AvgIpc) is 2.88. The van der Waals surface area contributed by atoms with Crippen LogP contribution in [0.5, 0.6) is 0 Å². The first-order valence-corrected chi connectivity index (χ1v) is 11.2. The van der Waals surface area contributed by atoms with Gasteiger partial charge in [-0.05, 0) is 47.9 Å². The molecule has 0 saturated carbocycles. The van der Waals surface area contributed by atoms with Gasteiger partial charge in [-0.15, -0.1) is 0 Å². The molecule has 0 unspecified atom stereocenters. The zero-order valence-electron chi connectivity index (χ0n) is 18.9. The van der Waals surface area contributed by atoms with Crippen molar-refractivity contribution in [1.82, 2.24) is 14.5 Å². The first-order valence-electron chi connectivity index (χ1n) is 11.2. The minimum atomic E-state index is -0.492. The highest BCUT2D eigenvalue weighted by atomic mass is 19.1. The Labute approximate surface area is 200 Å². The second kappa shape index (κ2) is 10.6. The summed E-state index contributed by atoms with van der Waals surface area (Å²) in [4.78, 5) is 38.6. The van der Waals surface area contributed by atoms with E-state index in [1.165, 1.54) is 16.7 Å². The van der Waals surface area contributed by atoms with Crippen LogP contribution in [0.3, 0.4) is 0 Å². The molecule has 1 heterocycles. The van der Waals surface area contributed by atoms with E-state index in [9.17, 15) is 24.0 Å². The Morgan fingerprint density at radius 3 is 2.43 bits per heavy atom. The number of carbonyl (C=O) groups excluding carboxylic acids is 1. The monoisotopic (exact) mass is 470 g/mol. The molecule has 0 aliphatic carbocycles. The van der Waals surface area contributed by atoms with Crippen LogP contribution in [0.2, 0.25) is 0 Å². The number of benzene rings is 3. The van der Waals surface area contributed by atoms with E-state index >= 15 is 0 Å². The van der Waals surface area contributed by atoms with Gasteiger partial charge in [0.25, 0.3) is 5.56 Å². The van der Waals surface area contributed by atoms with Gasteiger partial charge >= 0.3 is 5.69 Å². The van der Waals surface area contributed by atoms with Gasteiger partial charge in [-0.2, -0.15) is 5.26 Å². The van der Waals surface area contributed by atoms with Gasteiger partial charge < -0.3 is 5.32 Å². The molecule has 0 radical (unpaired) electrons. The molecule has 0 bridgehead atoms. The highest BCUT2D eigenvalue weighted by molar-refractivity contribution is 5.78. The maximum absolute atomic E-state index is 13.3. The lowest BCUT2D eigenvalue weighted by atomic mass is 10.1. The second-order valence-electron chi connectivity index (χ2n) is 8.12. The molecule has 1 N–H and O–H groups in total. The van der Waals surface area contributed by atoms with E-state index in [0.29, 0.717) is 22.0 Å². The van der Waals surface area contributed by atoms with Crippen molar-refractivity contribution in [2.75, 3.05) is 0 Å². The van der Waals surface area contributed by atoms with E-state index in [-0.39, 0.29) is 44.2 Å². The average molecular weight is 471 g/mol. The summed E-state index contributed by atoms with van der Waals surface area (Å²) in [5.74, 6) is -0.575. The van der Waals surface area contributed by atoms with Gasteiger partial charge in [0.1, 0.15) is 5.82 Å². The Hall–Kier alpha value is -4.51. The van der Waals surface area contributed by atoms with E-state index in [1.807, 2.05) is 0 Å². The number of nitrogens with zero attached hydrogens (tertiary/aromatic N) is 3. The molecule has 0 saturated heterocycles. The molecule has 176 valence electrons. The minimum Gasteiger partial charge on any atom is -0.352 e. The van der Waals surface area contributed by atoms with Gasteiger partial charge in [0.15, 0.2) is 0 Å². The highest BCUT2D eigenvalue weighted by Crippen LogP contribution is 2.13. The van der Waals surface area contributed by atoms with Crippen LogP contribution >= 0.6 is 0 Å². The SMILES string of the molecule is N#Cc1ccccc1Cn1c(=O)n(CCCC(=O)NCc2ccc(F)cc2)c(=O)c2ccccc21. The predicted octanol–water partition coefficient (Wildman–Crippen LogP) is 3.32. The van der Waals surface area contributed by atoms with Crippen molar-refractivity contribution in [3.63, 3.8) is 0 Å². The summed E-state index contributed by atoms with van der Waals surface area (Å²) in [6, 6.07) is 21.8. The molecule has 4 rings (SSSR count). The zero-order valence-corrected chi connectivity index (χ0v) is 18.9.